The van der Waals surface area contributed by atoms with Gasteiger partial charge in [-0.25, -0.2) is 0 Å². The number of hydrogen-bond acceptors (Lipinski definition) is 3. The van der Waals surface area contributed by atoms with Crippen molar-refractivity contribution >= 4 is 23.4 Å². The molecule has 25 heavy (non-hydrogen) atoms. The number of amides is 2. The summed E-state index contributed by atoms with van der Waals surface area (Å²) >= 11 is 5.62. The number of alkyl halides is 1. The van der Waals surface area contributed by atoms with Gasteiger partial charge in [-0.15, -0.1) is 11.6 Å². The molecule has 1 aliphatic rings. The first kappa shape index (κ1) is 19.6. The fourth-order valence-electron chi connectivity index (χ4n) is 2.98. The Labute approximate surface area is 154 Å². The second kappa shape index (κ2) is 9.09. The molecule has 1 fully saturated rings. The van der Waals surface area contributed by atoms with Gasteiger partial charge in [0.15, 0.2) is 6.10 Å². The molecule has 6 heteroatoms. The maximum atomic E-state index is 12.7. The van der Waals surface area contributed by atoms with Gasteiger partial charge in [0.05, 0.1) is 0 Å². The maximum absolute atomic E-state index is 12.7. The van der Waals surface area contributed by atoms with Crippen LogP contribution in [0.2, 0.25) is 0 Å². The zero-order valence-electron chi connectivity index (χ0n) is 15.2. The van der Waals surface area contributed by atoms with Gasteiger partial charge < -0.3 is 14.5 Å². The van der Waals surface area contributed by atoms with E-state index in [1.54, 1.807) is 16.7 Å². The number of hydrogen-bond donors (Lipinski definition) is 0. The lowest BCUT2D eigenvalue weighted by molar-refractivity contribution is -0.143. The molecule has 138 valence electrons. The predicted molar refractivity (Wildman–Crippen MR) is 99.1 cm³/mol. The Hall–Kier alpha value is -1.75. The Morgan fingerprint density at radius 2 is 1.68 bits per heavy atom. The van der Waals surface area contributed by atoms with Crippen molar-refractivity contribution in [2.24, 2.45) is 0 Å². The van der Waals surface area contributed by atoms with Crippen molar-refractivity contribution in [2.75, 3.05) is 32.1 Å². The summed E-state index contributed by atoms with van der Waals surface area (Å²) in [6.45, 7) is 8.16. The van der Waals surface area contributed by atoms with Gasteiger partial charge in [-0.05, 0) is 24.5 Å². The van der Waals surface area contributed by atoms with Crippen LogP contribution in [0.25, 0.3) is 0 Å². The quantitative estimate of drug-likeness (QED) is 0.727. The first-order valence-electron chi connectivity index (χ1n) is 8.82. The highest BCUT2D eigenvalue weighted by Gasteiger charge is 2.28. The zero-order valence-corrected chi connectivity index (χ0v) is 16.0. The molecule has 1 unspecified atom stereocenters. The van der Waals surface area contributed by atoms with Crippen LogP contribution < -0.4 is 4.74 Å². The van der Waals surface area contributed by atoms with Crippen LogP contribution >= 0.6 is 11.6 Å². The lowest BCUT2D eigenvalue weighted by Crippen LogP contribution is -2.53. The molecule has 1 atom stereocenters. The predicted octanol–water partition coefficient (Wildman–Crippen LogP) is 2.88. The van der Waals surface area contributed by atoms with Crippen LogP contribution in [0.3, 0.4) is 0 Å². The van der Waals surface area contributed by atoms with E-state index in [0.717, 1.165) is 11.3 Å². The summed E-state index contributed by atoms with van der Waals surface area (Å²) in [5.74, 6) is 1.43. The third-order valence-electron chi connectivity index (χ3n) is 4.44. The van der Waals surface area contributed by atoms with E-state index in [1.807, 2.05) is 24.3 Å². The molecular weight excluding hydrogens is 340 g/mol. The number of para-hydroxylation sites is 1. The summed E-state index contributed by atoms with van der Waals surface area (Å²) in [6.07, 6.45) is -0.203. The van der Waals surface area contributed by atoms with E-state index in [-0.39, 0.29) is 11.8 Å². The van der Waals surface area contributed by atoms with Gasteiger partial charge in [-0.3, -0.25) is 9.59 Å². The molecule has 1 heterocycles. The topological polar surface area (TPSA) is 49.9 Å². The van der Waals surface area contributed by atoms with Crippen molar-refractivity contribution in [3.05, 3.63) is 29.8 Å². The van der Waals surface area contributed by atoms with Gasteiger partial charge in [0.1, 0.15) is 5.75 Å². The average Bonchev–Trinajstić information content (AvgIpc) is 2.61. The third kappa shape index (κ3) is 5.11. The normalized spacial score (nSPS) is 16.0. The minimum absolute atomic E-state index is 0.0389. The van der Waals surface area contributed by atoms with E-state index in [4.69, 9.17) is 16.3 Å². The minimum atomic E-state index is -0.551. The summed E-state index contributed by atoms with van der Waals surface area (Å²) in [4.78, 5) is 28.1. The first-order valence-corrected chi connectivity index (χ1v) is 9.35. The summed E-state index contributed by atoms with van der Waals surface area (Å²) in [5.41, 5.74) is 1.10. The Balaban J connectivity index is 1.92. The van der Waals surface area contributed by atoms with Crippen molar-refractivity contribution in [1.29, 1.82) is 0 Å². The van der Waals surface area contributed by atoms with Crippen LogP contribution in [0, 0.1) is 0 Å². The molecule has 0 aromatic heterocycles. The molecule has 2 rings (SSSR count). The molecule has 0 aliphatic carbocycles. The number of ether oxygens (including phenoxy) is 1. The van der Waals surface area contributed by atoms with E-state index < -0.39 is 6.10 Å². The highest BCUT2D eigenvalue weighted by atomic mass is 35.5. The maximum Gasteiger partial charge on any atom is 0.263 e. The van der Waals surface area contributed by atoms with Crippen LogP contribution in [-0.4, -0.2) is 59.8 Å². The van der Waals surface area contributed by atoms with Crippen LogP contribution in [-0.2, 0) is 9.59 Å². The molecule has 1 aromatic rings. The van der Waals surface area contributed by atoms with E-state index in [1.165, 1.54) is 0 Å². The molecule has 0 bridgehead atoms. The summed E-state index contributed by atoms with van der Waals surface area (Å²) in [6, 6.07) is 7.83. The first-order chi connectivity index (χ1) is 11.9. The fourth-order valence-corrected chi connectivity index (χ4v) is 3.14. The summed E-state index contributed by atoms with van der Waals surface area (Å²) in [7, 11) is 0. The zero-order chi connectivity index (χ0) is 18.4. The van der Waals surface area contributed by atoms with Crippen molar-refractivity contribution in [2.45, 2.75) is 39.2 Å². The van der Waals surface area contributed by atoms with E-state index >= 15 is 0 Å². The molecule has 5 nitrogen and oxygen atoms in total. The average molecular weight is 367 g/mol. The Bertz CT molecular complexity index is 598. The molecule has 2 amide bonds. The number of piperazine rings is 1. The van der Waals surface area contributed by atoms with Crippen LogP contribution in [0.5, 0.6) is 5.75 Å². The van der Waals surface area contributed by atoms with E-state index in [2.05, 4.69) is 13.8 Å². The van der Waals surface area contributed by atoms with Gasteiger partial charge >= 0.3 is 0 Å². The molecule has 0 N–H and O–H groups in total. The number of carbonyl (C=O) groups excluding carboxylic acids is 2. The Morgan fingerprint density at radius 1 is 1.08 bits per heavy atom. The Kier molecular flexibility index (Phi) is 7.12. The smallest absolute Gasteiger partial charge is 0.263 e. The highest BCUT2D eigenvalue weighted by molar-refractivity contribution is 6.18. The molecule has 0 spiro atoms. The van der Waals surface area contributed by atoms with Crippen molar-refractivity contribution in [3.63, 3.8) is 0 Å². The second-order valence-corrected chi connectivity index (χ2v) is 6.98. The standard InChI is InChI=1S/C19H27ClN2O3/c1-14(2)16-6-4-5-7-17(16)25-15(3)19(24)22-12-10-21(11-13-22)18(23)8-9-20/h4-7,14-15H,8-13H2,1-3H3. The van der Waals surface area contributed by atoms with Gasteiger partial charge in [-0.1, -0.05) is 32.0 Å². The van der Waals surface area contributed by atoms with Crippen LogP contribution in [0.4, 0.5) is 0 Å². The molecule has 1 saturated heterocycles. The summed E-state index contributed by atoms with van der Waals surface area (Å²) in [5, 5.41) is 0. The van der Waals surface area contributed by atoms with Gasteiger partial charge in [0.25, 0.3) is 5.91 Å². The van der Waals surface area contributed by atoms with Gasteiger partial charge in [0, 0.05) is 38.5 Å². The molecule has 1 aliphatic heterocycles. The molecule has 0 radical (unpaired) electrons. The van der Waals surface area contributed by atoms with Gasteiger partial charge in [-0.2, -0.15) is 0 Å². The van der Waals surface area contributed by atoms with Gasteiger partial charge in [0.2, 0.25) is 5.91 Å². The number of benzene rings is 1. The van der Waals surface area contributed by atoms with Crippen LogP contribution in [0.1, 0.15) is 38.7 Å². The third-order valence-corrected chi connectivity index (χ3v) is 4.63. The van der Waals surface area contributed by atoms with Crippen molar-refractivity contribution < 1.29 is 14.3 Å². The molecule has 1 aromatic carbocycles. The van der Waals surface area contributed by atoms with Crippen molar-refractivity contribution in [1.82, 2.24) is 9.80 Å². The van der Waals surface area contributed by atoms with Crippen molar-refractivity contribution in [3.8, 4) is 5.75 Å². The minimum Gasteiger partial charge on any atom is -0.481 e. The number of halogens is 1. The lowest BCUT2D eigenvalue weighted by Gasteiger charge is -2.36. The second-order valence-electron chi connectivity index (χ2n) is 6.60. The Morgan fingerprint density at radius 3 is 2.28 bits per heavy atom. The monoisotopic (exact) mass is 366 g/mol. The van der Waals surface area contributed by atoms with Crippen LogP contribution in [0.15, 0.2) is 24.3 Å². The highest BCUT2D eigenvalue weighted by Crippen LogP contribution is 2.27. The number of rotatable bonds is 6. The SMILES string of the molecule is CC(Oc1ccccc1C(C)C)C(=O)N1CCN(C(=O)CCCl)CC1. The number of carbonyl (C=O) groups is 2. The molecular formula is C19H27ClN2O3. The number of nitrogens with zero attached hydrogens (tertiary/aromatic N) is 2. The lowest BCUT2D eigenvalue weighted by atomic mass is 10.0. The fraction of sp³-hybridized carbons (Fsp3) is 0.579. The van der Waals surface area contributed by atoms with E-state index in [9.17, 15) is 9.59 Å². The summed E-state index contributed by atoms with van der Waals surface area (Å²) < 4.78 is 5.95. The molecule has 0 saturated carbocycles. The van der Waals surface area contributed by atoms with E-state index in [0.29, 0.717) is 44.4 Å². The largest absolute Gasteiger partial charge is 0.481 e.